The van der Waals surface area contributed by atoms with Crippen molar-refractivity contribution in [3.05, 3.63) is 33.9 Å². The van der Waals surface area contributed by atoms with Gasteiger partial charge in [0, 0.05) is 11.8 Å². The van der Waals surface area contributed by atoms with Crippen LogP contribution in [0.5, 0.6) is 0 Å². The zero-order valence-electron chi connectivity index (χ0n) is 11.3. The van der Waals surface area contributed by atoms with Gasteiger partial charge in [-0.1, -0.05) is 19.9 Å². The molecule has 0 radical (unpaired) electrons. The van der Waals surface area contributed by atoms with E-state index < -0.39 is 0 Å². The third-order valence-corrected chi connectivity index (χ3v) is 4.10. The van der Waals surface area contributed by atoms with E-state index in [2.05, 4.69) is 47.6 Å². The van der Waals surface area contributed by atoms with Gasteiger partial charge in [0.15, 0.2) is 0 Å². The third-order valence-electron chi connectivity index (χ3n) is 3.77. The molecular formula is C15H23Cl. The van der Waals surface area contributed by atoms with Gasteiger partial charge in [0.05, 0.1) is 0 Å². The van der Waals surface area contributed by atoms with E-state index in [9.17, 15) is 0 Å². The molecule has 1 aromatic carbocycles. The lowest BCUT2D eigenvalue weighted by molar-refractivity contribution is 0.534. The monoisotopic (exact) mass is 238 g/mol. The number of halogens is 1. The minimum absolute atomic E-state index is 0.472. The first-order chi connectivity index (χ1) is 7.40. The molecule has 0 nitrogen and oxygen atoms in total. The first-order valence-corrected chi connectivity index (χ1v) is 6.56. The molecule has 0 amide bonds. The lowest BCUT2D eigenvalue weighted by Gasteiger charge is -2.25. The van der Waals surface area contributed by atoms with Crippen molar-refractivity contribution < 1.29 is 0 Å². The van der Waals surface area contributed by atoms with Crippen molar-refractivity contribution in [1.29, 1.82) is 0 Å². The van der Waals surface area contributed by atoms with Crippen molar-refractivity contribution in [2.24, 2.45) is 5.92 Å². The summed E-state index contributed by atoms with van der Waals surface area (Å²) in [5, 5.41) is 0. The van der Waals surface area contributed by atoms with Gasteiger partial charge in [-0.05, 0) is 61.4 Å². The van der Waals surface area contributed by atoms with Gasteiger partial charge in [-0.25, -0.2) is 0 Å². The van der Waals surface area contributed by atoms with Crippen molar-refractivity contribution in [2.75, 3.05) is 5.88 Å². The molecule has 0 bridgehead atoms. The van der Waals surface area contributed by atoms with Crippen LogP contribution in [-0.2, 0) is 0 Å². The minimum atomic E-state index is 0.472. The molecule has 0 aliphatic heterocycles. The molecular weight excluding hydrogens is 216 g/mol. The zero-order chi connectivity index (χ0) is 12.5. The van der Waals surface area contributed by atoms with Gasteiger partial charge in [-0.15, -0.1) is 11.6 Å². The van der Waals surface area contributed by atoms with Crippen LogP contribution in [-0.4, -0.2) is 5.88 Å². The molecule has 0 aliphatic rings. The molecule has 16 heavy (non-hydrogen) atoms. The van der Waals surface area contributed by atoms with Gasteiger partial charge < -0.3 is 0 Å². The highest BCUT2D eigenvalue weighted by molar-refractivity contribution is 6.18. The van der Waals surface area contributed by atoms with Crippen LogP contribution in [0.25, 0.3) is 0 Å². The maximum Gasteiger partial charge on any atom is 0.0294 e. The summed E-state index contributed by atoms with van der Waals surface area (Å²) in [5.74, 6) is 1.78. The van der Waals surface area contributed by atoms with Gasteiger partial charge in [0.25, 0.3) is 0 Å². The predicted octanol–water partition coefficient (Wildman–Crippen LogP) is 4.90. The molecule has 1 aromatic rings. The summed E-state index contributed by atoms with van der Waals surface area (Å²) in [7, 11) is 0. The highest BCUT2D eigenvalue weighted by Crippen LogP contribution is 2.33. The van der Waals surface area contributed by atoms with E-state index in [-0.39, 0.29) is 0 Å². The van der Waals surface area contributed by atoms with Crippen molar-refractivity contribution >= 4 is 11.6 Å². The molecule has 0 N–H and O–H groups in total. The summed E-state index contributed by atoms with van der Waals surface area (Å²) in [6, 6.07) is 2.28. The van der Waals surface area contributed by atoms with Gasteiger partial charge in [-0.2, -0.15) is 0 Å². The van der Waals surface area contributed by atoms with Gasteiger partial charge in [0.1, 0.15) is 0 Å². The average molecular weight is 239 g/mol. The Bertz CT molecular complexity index is 351. The molecule has 0 aromatic heterocycles. The number of hydrogen-bond acceptors (Lipinski definition) is 0. The molecule has 0 fully saturated rings. The Morgan fingerprint density at radius 1 is 1.00 bits per heavy atom. The summed E-state index contributed by atoms with van der Waals surface area (Å²) in [5.41, 5.74) is 7.08. The second kappa shape index (κ2) is 5.23. The van der Waals surface area contributed by atoms with Gasteiger partial charge >= 0.3 is 0 Å². The van der Waals surface area contributed by atoms with Crippen LogP contribution in [0.15, 0.2) is 6.07 Å². The molecule has 0 aliphatic carbocycles. The van der Waals surface area contributed by atoms with E-state index in [1.165, 1.54) is 27.8 Å². The van der Waals surface area contributed by atoms with E-state index >= 15 is 0 Å². The highest BCUT2D eigenvalue weighted by atomic mass is 35.5. The number of benzene rings is 1. The Balaban J connectivity index is 3.41. The second-order valence-corrected chi connectivity index (χ2v) is 5.49. The fraction of sp³-hybridized carbons (Fsp3) is 0.600. The Labute approximate surface area is 105 Å². The van der Waals surface area contributed by atoms with E-state index in [0.717, 1.165) is 0 Å². The van der Waals surface area contributed by atoms with Crippen molar-refractivity contribution in [2.45, 2.75) is 47.5 Å². The maximum atomic E-state index is 6.15. The fourth-order valence-electron chi connectivity index (χ4n) is 2.39. The predicted molar refractivity (Wildman–Crippen MR) is 73.7 cm³/mol. The van der Waals surface area contributed by atoms with Crippen LogP contribution in [0.2, 0.25) is 0 Å². The Hall–Kier alpha value is -0.490. The molecule has 0 spiro atoms. The van der Waals surface area contributed by atoms with Crippen LogP contribution in [0.4, 0.5) is 0 Å². The summed E-state index contributed by atoms with van der Waals surface area (Å²) in [6.07, 6.45) is 0. The summed E-state index contributed by atoms with van der Waals surface area (Å²) in [6.45, 7) is 13.3. The van der Waals surface area contributed by atoms with Crippen LogP contribution >= 0.6 is 11.6 Å². The van der Waals surface area contributed by atoms with Gasteiger partial charge in [-0.3, -0.25) is 0 Å². The van der Waals surface area contributed by atoms with Crippen molar-refractivity contribution in [3.8, 4) is 0 Å². The van der Waals surface area contributed by atoms with Crippen LogP contribution in [0, 0.1) is 33.6 Å². The topological polar surface area (TPSA) is 0 Å². The standard InChI is InChI=1S/C15H23Cl/c1-9(2)14(8-16)15-12(5)10(3)7-11(4)13(15)6/h7,9,14H,8H2,1-6H3. The Kier molecular flexibility index (Phi) is 4.43. The van der Waals surface area contributed by atoms with Crippen LogP contribution in [0.3, 0.4) is 0 Å². The number of alkyl halides is 1. The van der Waals surface area contributed by atoms with E-state index in [1.807, 2.05) is 0 Å². The van der Waals surface area contributed by atoms with E-state index in [1.54, 1.807) is 0 Å². The third kappa shape index (κ3) is 2.43. The van der Waals surface area contributed by atoms with Crippen LogP contribution < -0.4 is 0 Å². The molecule has 1 atom stereocenters. The summed E-state index contributed by atoms with van der Waals surface area (Å²) < 4.78 is 0. The van der Waals surface area contributed by atoms with Crippen molar-refractivity contribution in [1.82, 2.24) is 0 Å². The highest BCUT2D eigenvalue weighted by Gasteiger charge is 2.20. The molecule has 0 heterocycles. The average Bonchev–Trinajstić information content (AvgIpc) is 2.21. The molecule has 1 rings (SSSR count). The maximum absolute atomic E-state index is 6.15. The van der Waals surface area contributed by atoms with Gasteiger partial charge in [0.2, 0.25) is 0 Å². The quantitative estimate of drug-likeness (QED) is 0.658. The first kappa shape index (κ1) is 13.6. The SMILES string of the molecule is Cc1cc(C)c(C)c(C(CCl)C(C)C)c1C. The zero-order valence-corrected chi connectivity index (χ0v) is 12.1. The molecule has 0 saturated heterocycles. The van der Waals surface area contributed by atoms with Crippen molar-refractivity contribution in [3.63, 3.8) is 0 Å². The largest absolute Gasteiger partial charge is 0.126 e. The normalized spacial score (nSPS) is 13.2. The lowest BCUT2D eigenvalue weighted by atomic mass is 9.81. The summed E-state index contributed by atoms with van der Waals surface area (Å²) in [4.78, 5) is 0. The number of hydrogen-bond donors (Lipinski definition) is 0. The molecule has 1 unspecified atom stereocenters. The van der Waals surface area contributed by atoms with Crippen LogP contribution in [0.1, 0.15) is 47.6 Å². The number of rotatable bonds is 3. The Morgan fingerprint density at radius 3 is 1.75 bits per heavy atom. The smallest absolute Gasteiger partial charge is 0.0294 e. The Morgan fingerprint density at radius 2 is 1.44 bits per heavy atom. The molecule has 1 heteroatoms. The minimum Gasteiger partial charge on any atom is -0.126 e. The second-order valence-electron chi connectivity index (χ2n) is 5.18. The lowest BCUT2D eigenvalue weighted by Crippen LogP contribution is -2.13. The molecule has 0 saturated carbocycles. The number of aryl methyl sites for hydroxylation is 2. The fourth-order valence-corrected chi connectivity index (χ4v) is 2.90. The summed E-state index contributed by atoms with van der Waals surface area (Å²) >= 11 is 6.15. The molecule has 90 valence electrons. The van der Waals surface area contributed by atoms with E-state index in [4.69, 9.17) is 11.6 Å². The van der Waals surface area contributed by atoms with E-state index in [0.29, 0.717) is 17.7 Å². The first-order valence-electron chi connectivity index (χ1n) is 6.03.